The summed E-state index contributed by atoms with van der Waals surface area (Å²) < 4.78 is 0. The number of oxime groups is 2. The van der Waals surface area contributed by atoms with Gasteiger partial charge in [-0.15, -0.1) is 0 Å². The molecule has 0 atom stereocenters. The Hall–Kier alpha value is -1.76. The van der Waals surface area contributed by atoms with Gasteiger partial charge in [0.2, 0.25) is 0 Å². The molecule has 0 aliphatic rings. The van der Waals surface area contributed by atoms with Crippen molar-refractivity contribution in [3.05, 3.63) is 0 Å². The fourth-order valence-electron chi connectivity index (χ4n) is 0.760. The molecule has 0 radical (unpaired) electrons. The van der Waals surface area contributed by atoms with Crippen LogP contribution in [-0.2, 0) is 9.59 Å². The van der Waals surface area contributed by atoms with Crippen LogP contribution in [0.4, 0.5) is 0 Å². The van der Waals surface area contributed by atoms with Crippen molar-refractivity contribution in [2.24, 2.45) is 10.3 Å². The van der Waals surface area contributed by atoms with E-state index < -0.39 is 0 Å². The number of carbonyl (C=O) groups excluding carboxylic acids is 2. The van der Waals surface area contributed by atoms with E-state index in [1.807, 2.05) is 0 Å². The van der Waals surface area contributed by atoms with Gasteiger partial charge in [-0.25, -0.2) is 0 Å². The van der Waals surface area contributed by atoms with Crippen LogP contribution in [0, 0.1) is 0 Å². The Kier molecular flexibility index (Phi) is 5.88. The molecule has 84 valence electrons. The van der Waals surface area contributed by atoms with Gasteiger partial charge in [0.05, 0.1) is 0 Å². The monoisotopic (exact) mass is 215 g/mol. The Morgan fingerprint density at radius 2 is 1.33 bits per heavy atom. The molecule has 0 aromatic carbocycles. The summed E-state index contributed by atoms with van der Waals surface area (Å²) in [6.45, 7) is 2.50. The smallest absolute Gasteiger partial charge is 0.178 e. The van der Waals surface area contributed by atoms with Crippen LogP contribution in [-0.4, -0.2) is 46.5 Å². The van der Waals surface area contributed by atoms with Crippen LogP contribution >= 0.6 is 0 Å². The standard InChI is InChI=1S/C8H13N3O4/c1-5(12)7(10-14)3-9-4-8(11-15)6(2)13/h9,14-15H,3-4H2,1-2H3. The Labute approximate surface area is 86.5 Å². The van der Waals surface area contributed by atoms with Gasteiger partial charge in [0.15, 0.2) is 11.6 Å². The molecule has 7 heteroatoms. The van der Waals surface area contributed by atoms with Crippen LogP contribution in [0.5, 0.6) is 0 Å². The molecule has 0 aromatic rings. The Morgan fingerprint density at radius 1 is 1.00 bits per heavy atom. The summed E-state index contributed by atoms with van der Waals surface area (Å²) in [6.07, 6.45) is 0. The lowest BCUT2D eigenvalue weighted by molar-refractivity contribution is -0.112. The molecule has 15 heavy (non-hydrogen) atoms. The number of carbonyl (C=O) groups is 2. The third-order valence-corrected chi connectivity index (χ3v) is 1.64. The van der Waals surface area contributed by atoms with Crippen molar-refractivity contribution in [2.45, 2.75) is 13.8 Å². The van der Waals surface area contributed by atoms with Gasteiger partial charge < -0.3 is 15.7 Å². The minimum absolute atomic E-state index is 0.00185. The van der Waals surface area contributed by atoms with Gasteiger partial charge in [0, 0.05) is 26.9 Å². The SMILES string of the molecule is CC(=O)C(CNCC(=NO)C(C)=O)=NO. The molecule has 7 nitrogen and oxygen atoms in total. The van der Waals surface area contributed by atoms with E-state index in [-0.39, 0.29) is 36.1 Å². The van der Waals surface area contributed by atoms with Crippen molar-refractivity contribution in [2.75, 3.05) is 13.1 Å². The fraction of sp³-hybridized carbons (Fsp3) is 0.500. The lowest BCUT2D eigenvalue weighted by Crippen LogP contribution is -2.33. The van der Waals surface area contributed by atoms with Gasteiger partial charge in [-0.2, -0.15) is 0 Å². The molecule has 0 fully saturated rings. The zero-order chi connectivity index (χ0) is 11.8. The van der Waals surface area contributed by atoms with E-state index in [4.69, 9.17) is 10.4 Å². The third kappa shape index (κ3) is 4.87. The predicted molar refractivity (Wildman–Crippen MR) is 52.7 cm³/mol. The van der Waals surface area contributed by atoms with E-state index in [1.54, 1.807) is 0 Å². The van der Waals surface area contributed by atoms with E-state index in [1.165, 1.54) is 13.8 Å². The molecular weight excluding hydrogens is 202 g/mol. The zero-order valence-corrected chi connectivity index (χ0v) is 8.52. The Morgan fingerprint density at radius 3 is 1.53 bits per heavy atom. The average Bonchev–Trinajstić information content (AvgIpc) is 2.17. The normalized spacial score (nSPS) is 12.7. The first-order valence-electron chi connectivity index (χ1n) is 4.17. The molecule has 0 heterocycles. The number of nitrogens with one attached hydrogen (secondary N) is 1. The van der Waals surface area contributed by atoms with Crippen molar-refractivity contribution in [3.8, 4) is 0 Å². The molecule has 0 aliphatic carbocycles. The van der Waals surface area contributed by atoms with E-state index in [2.05, 4.69) is 15.6 Å². The van der Waals surface area contributed by atoms with Crippen molar-refractivity contribution >= 4 is 23.0 Å². The fourth-order valence-corrected chi connectivity index (χ4v) is 0.760. The maximum absolute atomic E-state index is 10.8. The predicted octanol–water partition coefficient (Wildman–Crippen LogP) is -0.586. The Balaban J connectivity index is 4.09. The van der Waals surface area contributed by atoms with Crippen molar-refractivity contribution < 1.29 is 20.0 Å². The van der Waals surface area contributed by atoms with Crippen LogP contribution < -0.4 is 5.32 Å². The quantitative estimate of drug-likeness (QED) is 0.311. The lowest BCUT2D eigenvalue weighted by atomic mass is 10.2. The first-order chi connectivity index (χ1) is 7.02. The maximum Gasteiger partial charge on any atom is 0.178 e. The van der Waals surface area contributed by atoms with Gasteiger partial charge in [-0.1, -0.05) is 10.3 Å². The molecular formula is C8H13N3O4. The average molecular weight is 215 g/mol. The summed E-state index contributed by atoms with van der Waals surface area (Å²) in [7, 11) is 0. The molecule has 0 saturated carbocycles. The summed E-state index contributed by atoms with van der Waals surface area (Å²) >= 11 is 0. The molecule has 0 unspecified atom stereocenters. The van der Waals surface area contributed by atoms with E-state index in [0.29, 0.717) is 0 Å². The second-order valence-corrected chi connectivity index (χ2v) is 2.81. The molecule has 0 bridgehead atoms. The first kappa shape index (κ1) is 13.2. The van der Waals surface area contributed by atoms with Crippen LogP contribution in [0.2, 0.25) is 0 Å². The maximum atomic E-state index is 10.8. The van der Waals surface area contributed by atoms with E-state index in [0.717, 1.165) is 0 Å². The molecule has 0 spiro atoms. The van der Waals surface area contributed by atoms with Crippen molar-refractivity contribution in [1.29, 1.82) is 0 Å². The molecule has 0 aliphatic heterocycles. The van der Waals surface area contributed by atoms with Crippen molar-refractivity contribution in [3.63, 3.8) is 0 Å². The van der Waals surface area contributed by atoms with Gasteiger partial charge in [-0.3, -0.25) is 9.59 Å². The minimum Gasteiger partial charge on any atom is -0.411 e. The molecule has 0 saturated heterocycles. The lowest BCUT2D eigenvalue weighted by Gasteiger charge is -2.03. The number of rotatable bonds is 6. The van der Waals surface area contributed by atoms with Gasteiger partial charge >= 0.3 is 0 Å². The van der Waals surface area contributed by atoms with Gasteiger partial charge in [0.25, 0.3) is 0 Å². The number of Topliss-reactive ketones (excluding diaryl/α,β-unsaturated/α-hetero) is 2. The summed E-state index contributed by atoms with van der Waals surface area (Å²) in [5, 5.41) is 25.0. The van der Waals surface area contributed by atoms with Crippen LogP contribution in [0.25, 0.3) is 0 Å². The number of nitrogens with zero attached hydrogens (tertiary/aromatic N) is 2. The molecule has 0 aromatic heterocycles. The first-order valence-corrected chi connectivity index (χ1v) is 4.17. The summed E-state index contributed by atoms with van der Waals surface area (Å²) in [6, 6.07) is 0. The zero-order valence-electron chi connectivity index (χ0n) is 8.52. The van der Waals surface area contributed by atoms with Crippen LogP contribution in [0.1, 0.15) is 13.8 Å². The number of hydrogen-bond acceptors (Lipinski definition) is 7. The van der Waals surface area contributed by atoms with Crippen LogP contribution in [0.3, 0.4) is 0 Å². The topological polar surface area (TPSA) is 111 Å². The van der Waals surface area contributed by atoms with E-state index in [9.17, 15) is 9.59 Å². The van der Waals surface area contributed by atoms with Crippen molar-refractivity contribution in [1.82, 2.24) is 5.32 Å². The highest BCUT2D eigenvalue weighted by Crippen LogP contribution is 1.81. The van der Waals surface area contributed by atoms with E-state index >= 15 is 0 Å². The second kappa shape index (κ2) is 6.66. The highest BCUT2D eigenvalue weighted by molar-refractivity contribution is 6.40. The number of ketones is 2. The molecule has 0 rings (SSSR count). The molecule has 3 N–H and O–H groups in total. The van der Waals surface area contributed by atoms with Crippen LogP contribution in [0.15, 0.2) is 10.3 Å². The highest BCUT2D eigenvalue weighted by atomic mass is 16.4. The highest BCUT2D eigenvalue weighted by Gasteiger charge is 2.09. The second-order valence-electron chi connectivity index (χ2n) is 2.81. The van der Waals surface area contributed by atoms with Gasteiger partial charge in [-0.05, 0) is 0 Å². The summed E-state index contributed by atoms with van der Waals surface area (Å²) in [5.74, 6) is -0.759. The Bertz CT molecular complexity index is 279. The largest absolute Gasteiger partial charge is 0.411 e. The summed E-state index contributed by atoms with van der Waals surface area (Å²) in [5.41, 5.74) is -0.119. The molecule has 0 amide bonds. The minimum atomic E-state index is -0.379. The summed E-state index contributed by atoms with van der Waals surface area (Å²) in [4.78, 5) is 21.6. The third-order valence-electron chi connectivity index (χ3n) is 1.64. The van der Waals surface area contributed by atoms with Gasteiger partial charge in [0.1, 0.15) is 11.4 Å². The number of hydrogen-bond donors (Lipinski definition) is 3.